The van der Waals surface area contributed by atoms with Crippen molar-refractivity contribution in [2.45, 2.75) is 31.2 Å². The van der Waals surface area contributed by atoms with Gasteiger partial charge in [-0.25, -0.2) is 9.78 Å². The van der Waals surface area contributed by atoms with Gasteiger partial charge in [-0.2, -0.15) is 4.98 Å². The van der Waals surface area contributed by atoms with Crippen LogP contribution in [0.15, 0.2) is 6.07 Å². The van der Waals surface area contributed by atoms with Gasteiger partial charge in [-0.05, 0) is 32.4 Å². The van der Waals surface area contributed by atoms with E-state index in [1.807, 2.05) is 6.07 Å². The first-order valence-corrected chi connectivity index (χ1v) is 8.10. The van der Waals surface area contributed by atoms with Crippen LogP contribution in [-0.4, -0.2) is 65.3 Å². The van der Waals surface area contributed by atoms with E-state index < -0.39 is 6.09 Å². The van der Waals surface area contributed by atoms with Gasteiger partial charge >= 0.3 is 6.09 Å². The summed E-state index contributed by atoms with van der Waals surface area (Å²) in [5.41, 5.74) is 6.91. The number of aromatic nitrogens is 2. The highest BCUT2D eigenvalue weighted by Gasteiger charge is 2.30. The lowest BCUT2D eigenvalue weighted by Crippen LogP contribution is -2.38. The number of nitrogens with one attached hydrogen (secondary N) is 1. The molecule has 8 heteroatoms. The number of nitrogens with two attached hydrogens (primary N) is 1. The third-order valence-corrected chi connectivity index (χ3v) is 4.84. The summed E-state index contributed by atoms with van der Waals surface area (Å²) < 4.78 is 0. The van der Waals surface area contributed by atoms with Gasteiger partial charge in [0.1, 0.15) is 5.82 Å². The normalized spacial score (nSPS) is 22.3. The van der Waals surface area contributed by atoms with Crippen molar-refractivity contribution in [3.8, 4) is 0 Å². The summed E-state index contributed by atoms with van der Waals surface area (Å²) >= 11 is 0. The van der Waals surface area contributed by atoms with Gasteiger partial charge in [-0.3, -0.25) is 0 Å². The quantitative estimate of drug-likeness (QED) is 0.753. The summed E-state index contributed by atoms with van der Waals surface area (Å²) in [6.07, 6.45) is 2.02. The Labute approximate surface area is 135 Å². The van der Waals surface area contributed by atoms with E-state index in [2.05, 4.69) is 20.2 Å². The molecule has 3 heterocycles. The number of nitrogens with zero attached hydrogens (tertiary/aromatic N) is 4. The van der Waals surface area contributed by atoms with Crippen LogP contribution >= 0.6 is 0 Å². The summed E-state index contributed by atoms with van der Waals surface area (Å²) in [4.78, 5) is 23.4. The molecule has 3 rings (SSSR count). The number of hydrogen-bond donors (Lipinski definition) is 3. The minimum atomic E-state index is -0.894. The average molecular weight is 320 g/mol. The Morgan fingerprint density at radius 1 is 1.39 bits per heavy atom. The molecule has 1 aromatic rings. The van der Waals surface area contributed by atoms with E-state index in [-0.39, 0.29) is 6.04 Å². The molecule has 2 saturated heterocycles. The summed E-state index contributed by atoms with van der Waals surface area (Å²) in [5.74, 6) is 1.53. The Morgan fingerprint density at radius 2 is 2.13 bits per heavy atom. The van der Waals surface area contributed by atoms with Crippen molar-refractivity contribution < 1.29 is 9.90 Å². The van der Waals surface area contributed by atoms with Crippen molar-refractivity contribution in [3.63, 3.8) is 0 Å². The third-order valence-electron chi connectivity index (χ3n) is 4.84. The van der Waals surface area contributed by atoms with E-state index in [1.54, 1.807) is 7.05 Å². The Morgan fingerprint density at radius 3 is 2.83 bits per heavy atom. The van der Waals surface area contributed by atoms with Gasteiger partial charge in [-0.1, -0.05) is 0 Å². The molecule has 2 aliphatic heterocycles. The molecule has 0 radical (unpaired) electrons. The lowest BCUT2D eigenvalue weighted by atomic mass is 9.94. The number of hydrogen-bond acceptors (Lipinski definition) is 6. The molecular formula is C15H24N6O2. The Bertz CT molecular complexity index is 575. The lowest BCUT2D eigenvalue weighted by molar-refractivity contribution is 0.142. The van der Waals surface area contributed by atoms with Crippen LogP contribution in [0.1, 0.15) is 30.9 Å². The van der Waals surface area contributed by atoms with Crippen molar-refractivity contribution in [2.75, 3.05) is 43.9 Å². The van der Waals surface area contributed by atoms with Gasteiger partial charge < -0.3 is 26.0 Å². The number of piperidine rings is 1. The molecule has 1 amide bonds. The number of amides is 1. The fourth-order valence-electron chi connectivity index (χ4n) is 3.38. The maximum Gasteiger partial charge on any atom is 0.407 e. The average Bonchev–Trinajstić information content (AvgIpc) is 3.04. The smallest absolute Gasteiger partial charge is 0.407 e. The molecule has 23 heavy (non-hydrogen) atoms. The predicted molar refractivity (Wildman–Crippen MR) is 87.7 cm³/mol. The van der Waals surface area contributed by atoms with E-state index >= 15 is 0 Å². The first kappa shape index (κ1) is 15.8. The number of carboxylic acid groups (broad SMARTS) is 1. The van der Waals surface area contributed by atoms with Gasteiger partial charge in [0.05, 0.1) is 11.7 Å². The summed E-state index contributed by atoms with van der Waals surface area (Å²) in [7, 11) is 1.62. The second-order valence-corrected chi connectivity index (χ2v) is 6.32. The molecule has 0 aromatic carbocycles. The van der Waals surface area contributed by atoms with Crippen molar-refractivity contribution in [3.05, 3.63) is 11.8 Å². The molecule has 2 aliphatic rings. The maximum atomic E-state index is 11.1. The Balaban J connectivity index is 1.75. The molecular weight excluding hydrogens is 296 g/mol. The molecule has 126 valence electrons. The first-order valence-electron chi connectivity index (χ1n) is 8.10. The fourth-order valence-corrected chi connectivity index (χ4v) is 3.38. The number of carbonyl (C=O) groups is 1. The zero-order valence-corrected chi connectivity index (χ0v) is 13.4. The molecule has 8 nitrogen and oxygen atoms in total. The van der Waals surface area contributed by atoms with Crippen LogP contribution in [0.5, 0.6) is 0 Å². The standard InChI is InChI=1S/C15H24N6O2/c1-20(15(22)23)11-4-7-21(9-11)13-8-12(18-14(16)19-13)10-2-5-17-6-3-10/h8,10-11,17H,2-7,9H2,1H3,(H,22,23)(H2,16,18,19)/t11-/m1/s1. The Kier molecular flexibility index (Phi) is 4.51. The lowest BCUT2D eigenvalue weighted by Gasteiger charge is -2.25. The van der Waals surface area contributed by atoms with Crippen LogP contribution in [0.3, 0.4) is 0 Å². The van der Waals surface area contributed by atoms with E-state index in [1.165, 1.54) is 4.90 Å². The highest BCUT2D eigenvalue weighted by molar-refractivity contribution is 5.65. The van der Waals surface area contributed by atoms with E-state index in [4.69, 9.17) is 10.8 Å². The molecule has 0 unspecified atom stereocenters. The SMILES string of the molecule is CN(C(=O)O)[C@@H]1CCN(c2cc(C3CCNCC3)nc(N)n2)C1. The molecule has 1 atom stereocenters. The number of anilines is 2. The van der Waals surface area contributed by atoms with Crippen LogP contribution < -0.4 is 16.0 Å². The van der Waals surface area contributed by atoms with E-state index in [0.29, 0.717) is 18.4 Å². The van der Waals surface area contributed by atoms with Crippen LogP contribution in [0.4, 0.5) is 16.6 Å². The highest BCUT2D eigenvalue weighted by atomic mass is 16.4. The van der Waals surface area contributed by atoms with Gasteiger partial charge in [0, 0.05) is 32.1 Å². The summed E-state index contributed by atoms with van der Waals surface area (Å²) in [6.45, 7) is 3.42. The Hall–Kier alpha value is -2.09. The van der Waals surface area contributed by atoms with Crippen molar-refractivity contribution in [2.24, 2.45) is 0 Å². The van der Waals surface area contributed by atoms with Crippen molar-refractivity contribution >= 4 is 17.9 Å². The zero-order valence-electron chi connectivity index (χ0n) is 13.4. The minimum Gasteiger partial charge on any atom is -0.465 e. The topological polar surface area (TPSA) is 108 Å². The molecule has 2 fully saturated rings. The monoisotopic (exact) mass is 320 g/mol. The van der Waals surface area contributed by atoms with E-state index in [9.17, 15) is 4.79 Å². The summed E-state index contributed by atoms with van der Waals surface area (Å²) in [6, 6.07) is 2.01. The molecule has 0 aliphatic carbocycles. The highest BCUT2D eigenvalue weighted by Crippen LogP contribution is 2.28. The van der Waals surface area contributed by atoms with Crippen molar-refractivity contribution in [1.82, 2.24) is 20.2 Å². The van der Waals surface area contributed by atoms with Gasteiger partial charge in [0.2, 0.25) is 5.95 Å². The van der Waals surface area contributed by atoms with Gasteiger partial charge in [0.25, 0.3) is 0 Å². The minimum absolute atomic E-state index is 0.00831. The largest absolute Gasteiger partial charge is 0.465 e. The zero-order chi connectivity index (χ0) is 16.4. The number of rotatable bonds is 3. The second kappa shape index (κ2) is 6.57. The van der Waals surface area contributed by atoms with Crippen molar-refractivity contribution in [1.29, 1.82) is 0 Å². The first-order chi connectivity index (χ1) is 11.0. The van der Waals surface area contributed by atoms with Crippen LogP contribution in [-0.2, 0) is 0 Å². The van der Waals surface area contributed by atoms with Gasteiger partial charge in [0.15, 0.2) is 0 Å². The van der Waals surface area contributed by atoms with Crippen LogP contribution in [0, 0.1) is 0 Å². The molecule has 1 aromatic heterocycles. The number of nitrogen functional groups attached to an aromatic ring is 1. The van der Waals surface area contributed by atoms with E-state index in [0.717, 1.165) is 50.4 Å². The molecule has 0 saturated carbocycles. The number of likely N-dealkylation sites (N-methyl/N-ethyl adjacent to an activating group) is 1. The fraction of sp³-hybridized carbons (Fsp3) is 0.667. The predicted octanol–water partition coefficient (Wildman–Crippen LogP) is 0.714. The summed E-state index contributed by atoms with van der Waals surface area (Å²) in [5, 5.41) is 12.5. The molecule has 0 bridgehead atoms. The molecule has 4 N–H and O–H groups in total. The van der Waals surface area contributed by atoms with Crippen LogP contribution in [0.25, 0.3) is 0 Å². The maximum absolute atomic E-state index is 11.1. The van der Waals surface area contributed by atoms with Crippen LogP contribution in [0.2, 0.25) is 0 Å². The van der Waals surface area contributed by atoms with Gasteiger partial charge in [-0.15, -0.1) is 0 Å². The molecule has 0 spiro atoms. The second-order valence-electron chi connectivity index (χ2n) is 6.32. The third kappa shape index (κ3) is 3.47.